The maximum absolute atomic E-state index is 12.5. The molecule has 0 fully saturated rings. The molecule has 15 rings (SSSR count). The fourth-order valence-electron chi connectivity index (χ4n) is 11.7. The minimum absolute atomic E-state index is 0. The van der Waals surface area contributed by atoms with Crippen molar-refractivity contribution in [2.45, 2.75) is 86.7 Å². The molecule has 0 bridgehead atoms. The van der Waals surface area contributed by atoms with E-state index < -0.39 is 21.2 Å². The molecule has 3 unspecified atom stereocenters. The van der Waals surface area contributed by atoms with Gasteiger partial charge >= 0.3 is 0 Å². The molecular formula is C58H51Br2Cl3N16O8. The average Bonchev–Trinajstić information content (AvgIpc) is 1.61. The summed E-state index contributed by atoms with van der Waals surface area (Å²) in [5.41, 5.74) is 22.3. The minimum atomic E-state index is -0.870. The van der Waals surface area contributed by atoms with Gasteiger partial charge in [0.25, 0.3) is 11.4 Å². The van der Waals surface area contributed by atoms with E-state index in [0.717, 1.165) is 50.2 Å². The van der Waals surface area contributed by atoms with Crippen molar-refractivity contribution in [2.24, 2.45) is 0 Å². The first-order valence-corrected chi connectivity index (χ1v) is 29.1. The number of anilines is 6. The Hall–Kier alpha value is -8.69. The number of nitrogen functional groups attached to an aromatic ring is 2. The molecule has 29 heteroatoms. The first-order valence-electron chi connectivity index (χ1n) is 25.7. The van der Waals surface area contributed by atoms with Crippen molar-refractivity contribution in [1.82, 2.24) is 39.9 Å². The number of aromatic nitrogens is 8. The van der Waals surface area contributed by atoms with E-state index in [4.69, 9.17) is 46.3 Å². The number of nitrogens with zero attached hydrogens (tertiary/aromatic N) is 10. The number of hydrogen-bond acceptors (Lipinski definition) is 18. The number of rotatable bonds is 4. The second-order valence-electron chi connectivity index (χ2n) is 20.7. The third kappa shape index (κ3) is 11.6. The van der Waals surface area contributed by atoms with Gasteiger partial charge in [-0.25, -0.2) is 39.9 Å². The van der Waals surface area contributed by atoms with E-state index in [2.05, 4.69) is 93.0 Å². The zero-order valence-corrected chi connectivity index (χ0v) is 49.4. The van der Waals surface area contributed by atoms with Gasteiger partial charge in [0.15, 0.2) is 0 Å². The van der Waals surface area contributed by atoms with Crippen LogP contribution in [0.1, 0.15) is 81.6 Å². The van der Waals surface area contributed by atoms with Crippen molar-refractivity contribution in [3.8, 4) is 0 Å². The molecule has 8 N–H and O–H groups in total. The number of amides is 4. The second kappa shape index (κ2) is 25.0. The molecule has 8 heterocycles. The number of hydrogen-bond donors (Lipinski definition) is 6. The maximum Gasteiger partial charge on any atom is 0.269 e. The van der Waals surface area contributed by atoms with E-state index in [0.29, 0.717) is 105 Å². The van der Waals surface area contributed by atoms with Gasteiger partial charge in [-0.3, -0.25) is 39.4 Å². The molecule has 0 saturated heterocycles. The topological polar surface area (TPSA) is 358 Å². The average molecular weight is 1370 g/mol. The van der Waals surface area contributed by atoms with Gasteiger partial charge in [0.2, 0.25) is 23.6 Å². The summed E-state index contributed by atoms with van der Waals surface area (Å²) in [5.74, 6) is 1.80. The van der Waals surface area contributed by atoms with Gasteiger partial charge in [0, 0.05) is 74.8 Å². The lowest BCUT2D eigenvalue weighted by Crippen LogP contribution is -2.35. The summed E-state index contributed by atoms with van der Waals surface area (Å²) in [4.78, 5) is 101. The molecule has 7 aliphatic rings. The molecule has 446 valence electrons. The lowest BCUT2D eigenvalue weighted by molar-refractivity contribution is -0.385. The predicted molar refractivity (Wildman–Crippen MR) is 335 cm³/mol. The summed E-state index contributed by atoms with van der Waals surface area (Å²) < 4.78 is 0. The zero-order chi connectivity index (χ0) is 60.1. The van der Waals surface area contributed by atoms with Crippen LogP contribution in [0.25, 0.3) is 0 Å². The van der Waals surface area contributed by atoms with Crippen LogP contribution >= 0.6 is 66.7 Å². The standard InChI is InChI=1S/C14H9ClN4O3.C14H11ClN4O.C14H12N4O.C8H7Br2NO2.C6H4ClN3O.2CH4/c15-11-10-12(17-6-16-11)18-13(20)14(10)4-7-1-2-9(19(21)22)3-8(7)5-14;15-11-10-12(18-6-17-11)19-13(20)14(10)4-7-1-2-9(16)3-8(7)5-14;15-10-2-1-8-4-14(5-9(8)3-10)11-6-16-7-17-12(11)18-13(14)19;9-4-6-1-2-8(11(12)13)3-7(6)5-10;7-5-3-1-4(11)10-6(3)9-2-8-5;;/h1-3,6H,4-5H2,(H,16,17,18,20);1-3,6H,4-5,16H2,(H,17,18,19,20);1-3,6-7H,4-5,15H2,(H,16,17,18,19);1-3H,4-5H2;2H,1H2,(H,8,9,10,11);2*1H4. The van der Waals surface area contributed by atoms with Crippen molar-refractivity contribution in [3.63, 3.8) is 0 Å². The fraction of sp³-hybridized carbons (Fsp3) is 0.241. The van der Waals surface area contributed by atoms with Crippen LogP contribution < -0.4 is 32.7 Å². The van der Waals surface area contributed by atoms with Gasteiger partial charge in [-0.15, -0.1) is 0 Å². The molecule has 3 spiro atoms. The molecule has 8 aromatic rings. The van der Waals surface area contributed by atoms with Gasteiger partial charge in [-0.05, 0) is 107 Å². The molecule has 4 aromatic heterocycles. The molecule has 4 amide bonds. The number of carbonyl (C=O) groups is 4. The normalized spacial score (nSPS) is 19.1. The number of nitro benzene ring substituents is 2. The van der Waals surface area contributed by atoms with Crippen molar-refractivity contribution in [1.29, 1.82) is 0 Å². The Kier molecular flexibility index (Phi) is 18.0. The fourth-order valence-corrected chi connectivity index (χ4v) is 13.6. The molecule has 4 aliphatic heterocycles. The largest absolute Gasteiger partial charge is 0.399 e. The number of halogens is 5. The van der Waals surface area contributed by atoms with Crippen LogP contribution in [0.4, 0.5) is 46.0 Å². The van der Waals surface area contributed by atoms with E-state index in [1.807, 2.05) is 36.4 Å². The molecule has 87 heavy (non-hydrogen) atoms. The molecular weight excluding hydrogens is 1310 g/mol. The van der Waals surface area contributed by atoms with Crippen LogP contribution in [0, 0.1) is 20.2 Å². The summed E-state index contributed by atoms with van der Waals surface area (Å²) in [6.07, 6.45) is 10.8. The predicted octanol–water partition coefficient (Wildman–Crippen LogP) is 10.1. The lowest BCUT2D eigenvalue weighted by atomic mass is 9.80. The monoisotopic (exact) mass is 1360 g/mol. The summed E-state index contributed by atoms with van der Waals surface area (Å²) in [6, 6.07) is 21.1. The van der Waals surface area contributed by atoms with Crippen molar-refractivity contribution < 1.29 is 29.0 Å². The Morgan fingerprint density at radius 2 is 0.920 bits per heavy atom. The lowest BCUT2D eigenvalue weighted by Gasteiger charge is -2.20. The first kappa shape index (κ1) is 62.8. The Labute approximate surface area is 528 Å². The van der Waals surface area contributed by atoms with Gasteiger partial charge in [-0.1, -0.05) is 106 Å². The van der Waals surface area contributed by atoms with Gasteiger partial charge < -0.3 is 32.7 Å². The van der Waals surface area contributed by atoms with Crippen LogP contribution in [0.15, 0.2) is 104 Å². The molecule has 0 saturated carbocycles. The van der Waals surface area contributed by atoms with E-state index >= 15 is 0 Å². The third-order valence-corrected chi connectivity index (χ3v) is 17.9. The van der Waals surface area contributed by atoms with Gasteiger partial charge in [-0.2, -0.15) is 0 Å². The summed E-state index contributed by atoms with van der Waals surface area (Å²) in [7, 11) is 0. The zero-order valence-electron chi connectivity index (χ0n) is 44.0. The number of benzene rings is 4. The number of non-ortho nitro benzene ring substituents is 2. The number of alkyl halides is 2. The highest BCUT2D eigenvalue weighted by Gasteiger charge is 2.55. The Bertz CT molecular complexity index is 4170. The van der Waals surface area contributed by atoms with E-state index in [-0.39, 0.29) is 66.4 Å². The third-order valence-electron chi connectivity index (χ3n) is 15.8. The number of carbonyl (C=O) groups excluding carboxylic acids is 4. The number of fused-ring (bicyclic) bond motifs is 10. The van der Waals surface area contributed by atoms with E-state index in [1.54, 1.807) is 24.4 Å². The Balaban J connectivity index is 0.000000132. The Morgan fingerprint density at radius 1 is 0.494 bits per heavy atom. The van der Waals surface area contributed by atoms with Gasteiger partial charge in [0.05, 0.1) is 32.5 Å². The highest BCUT2D eigenvalue weighted by atomic mass is 79.9. The van der Waals surface area contributed by atoms with Crippen molar-refractivity contribution >= 4 is 136 Å². The van der Waals surface area contributed by atoms with Crippen LogP contribution in [-0.2, 0) is 91.0 Å². The Morgan fingerprint density at radius 3 is 1.45 bits per heavy atom. The summed E-state index contributed by atoms with van der Waals surface area (Å²) >= 11 is 24.7. The SMILES string of the molecule is C.C.Nc1ccc2c(c1)CC1(C2)C(=O)Nc2ncnc(Cl)c21.Nc1ccc2c(c1)CC1(C2)C(=O)Nc2ncncc21.O=C1Cc2c(Cl)ncnc2N1.O=C1Nc2ncnc(Cl)c2C12Cc1ccc([N+](=O)[O-])cc1C2.O=[N+]([O-])c1ccc(CBr)c(CBr)c1. The van der Waals surface area contributed by atoms with Crippen LogP contribution in [0.2, 0.25) is 15.5 Å². The minimum Gasteiger partial charge on any atom is -0.399 e. The molecule has 4 aromatic carbocycles. The van der Waals surface area contributed by atoms with Crippen molar-refractivity contribution in [3.05, 3.63) is 207 Å². The quantitative estimate of drug-likeness (QED) is 0.0313. The number of nitrogens with one attached hydrogen (secondary N) is 4. The first-order chi connectivity index (χ1) is 40.8. The van der Waals surface area contributed by atoms with Crippen LogP contribution in [0.5, 0.6) is 0 Å². The molecule has 3 atom stereocenters. The number of nitro groups is 2. The van der Waals surface area contributed by atoms with Crippen LogP contribution in [0.3, 0.4) is 0 Å². The van der Waals surface area contributed by atoms with Crippen molar-refractivity contribution in [2.75, 3.05) is 32.7 Å². The molecule has 24 nitrogen and oxygen atoms in total. The van der Waals surface area contributed by atoms with Gasteiger partial charge in [0.1, 0.15) is 64.0 Å². The molecule has 3 aliphatic carbocycles. The van der Waals surface area contributed by atoms with E-state index in [1.165, 1.54) is 49.1 Å². The highest BCUT2D eigenvalue weighted by molar-refractivity contribution is 9.09. The van der Waals surface area contributed by atoms with E-state index in [9.17, 15) is 39.4 Å². The molecule has 0 radical (unpaired) electrons. The number of nitrogens with two attached hydrogens (primary N) is 2. The maximum atomic E-state index is 12.5. The van der Waals surface area contributed by atoms with Crippen LogP contribution in [-0.4, -0.2) is 73.3 Å². The highest BCUT2D eigenvalue weighted by Crippen LogP contribution is 2.51. The smallest absolute Gasteiger partial charge is 0.269 e. The second-order valence-corrected chi connectivity index (χ2v) is 22.9. The summed E-state index contributed by atoms with van der Waals surface area (Å²) in [5, 5.41) is 34.6. The summed E-state index contributed by atoms with van der Waals surface area (Å²) in [6.45, 7) is 0.